The molecule has 4 N–H and O–H groups in total. The van der Waals surface area contributed by atoms with Crippen molar-refractivity contribution < 1.29 is 0 Å². The largest absolute Gasteiger partial charge is 0.336 e. The van der Waals surface area contributed by atoms with Crippen LogP contribution in [0.4, 0.5) is 5.69 Å². The predicted octanol–water partition coefficient (Wildman–Crippen LogP) is 4.76. The van der Waals surface area contributed by atoms with Crippen molar-refractivity contribution in [2.24, 2.45) is 0 Å². The quantitative estimate of drug-likeness (QED) is 0.438. The van der Waals surface area contributed by atoms with Crippen molar-refractivity contribution in [3.63, 3.8) is 0 Å². The molecule has 1 aromatic carbocycles. The van der Waals surface area contributed by atoms with Crippen LogP contribution < -0.4 is 26.2 Å². The molecule has 0 radical (unpaired) electrons. The van der Waals surface area contributed by atoms with E-state index in [2.05, 4.69) is 115 Å². The van der Waals surface area contributed by atoms with E-state index < -0.39 is 0 Å². The summed E-state index contributed by atoms with van der Waals surface area (Å²) in [4.78, 5) is 3.95. The number of hydrogen-bond acceptors (Lipinski definition) is 6. The van der Waals surface area contributed by atoms with Crippen molar-refractivity contribution in [3.05, 3.63) is 94.2 Å². The zero-order valence-electron chi connectivity index (χ0n) is 19.5. The molecule has 1 aromatic rings. The van der Waals surface area contributed by atoms with Crippen LogP contribution in [0.2, 0.25) is 0 Å². The van der Waals surface area contributed by atoms with E-state index in [0.29, 0.717) is 11.3 Å². The van der Waals surface area contributed by atoms with Gasteiger partial charge in [-0.2, -0.15) is 0 Å². The molecule has 0 amide bonds. The molecule has 4 atom stereocenters. The summed E-state index contributed by atoms with van der Waals surface area (Å²) in [6.45, 7) is 0. The van der Waals surface area contributed by atoms with Gasteiger partial charge in [-0.1, -0.05) is 70.6 Å². The number of allylic oxidation sites excluding steroid dienone is 8. The highest BCUT2D eigenvalue weighted by atomic mass is 79.9. The second-order valence-corrected chi connectivity index (χ2v) is 12.2. The molecule has 3 aliphatic heterocycles. The Morgan fingerprint density at radius 3 is 2.14 bits per heavy atom. The monoisotopic (exact) mass is 547 g/mol. The van der Waals surface area contributed by atoms with Crippen molar-refractivity contribution in [2.45, 2.75) is 66.5 Å². The molecule has 0 spiro atoms. The molecule has 7 heteroatoms. The summed E-state index contributed by atoms with van der Waals surface area (Å²) in [5.74, 6) is 0. The van der Waals surface area contributed by atoms with Gasteiger partial charge in [-0.15, -0.1) is 11.8 Å². The average Bonchev–Trinajstić information content (AvgIpc) is 3.48. The summed E-state index contributed by atoms with van der Waals surface area (Å²) in [5.41, 5.74) is 5.61. The van der Waals surface area contributed by atoms with E-state index in [1.54, 1.807) is 0 Å². The van der Waals surface area contributed by atoms with Crippen molar-refractivity contribution in [2.75, 3.05) is 4.90 Å². The first-order chi connectivity index (χ1) is 17.2. The second-order valence-electron chi connectivity index (χ2n) is 9.92. The summed E-state index contributed by atoms with van der Waals surface area (Å²) in [6, 6.07) is 9.23. The minimum atomic E-state index is 0.201. The molecular formula is C28H30BrN5S. The lowest BCUT2D eigenvalue weighted by molar-refractivity contribution is 0.458. The van der Waals surface area contributed by atoms with Crippen molar-refractivity contribution >= 4 is 33.4 Å². The van der Waals surface area contributed by atoms with E-state index in [1.165, 1.54) is 31.9 Å². The Hall–Kier alpha value is -1.87. The van der Waals surface area contributed by atoms with Crippen LogP contribution in [0.15, 0.2) is 99.1 Å². The van der Waals surface area contributed by atoms with Gasteiger partial charge in [0.25, 0.3) is 0 Å². The number of hydrogen-bond donors (Lipinski definition) is 4. The van der Waals surface area contributed by atoms with Gasteiger partial charge in [0, 0.05) is 10.6 Å². The number of nitrogens with one attached hydrogen (secondary N) is 4. The molecule has 180 valence electrons. The Labute approximate surface area is 219 Å². The van der Waals surface area contributed by atoms with Crippen LogP contribution in [0.5, 0.6) is 0 Å². The number of fused-ring (bicyclic) bond motifs is 3. The van der Waals surface area contributed by atoms with Crippen LogP contribution in [0.1, 0.15) is 25.7 Å². The van der Waals surface area contributed by atoms with E-state index in [4.69, 9.17) is 0 Å². The molecule has 4 unspecified atom stereocenters. The zero-order valence-corrected chi connectivity index (χ0v) is 21.9. The number of halogens is 1. The van der Waals surface area contributed by atoms with Gasteiger partial charge in [-0.3, -0.25) is 21.3 Å². The topological polar surface area (TPSA) is 51.4 Å². The van der Waals surface area contributed by atoms with Crippen LogP contribution in [-0.4, -0.2) is 36.0 Å². The zero-order chi connectivity index (χ0) is 23.4. The molecule has 3 aliphatic carbocycles. The molecule has 3 heterocycles. The van der Waals surface area contributed by atoms with Gasteiger partial charge in [-0.05, 0) is 59.5 Å². The summed E-state index contributed by atoms with van der Waals surface area (Å²) in [7, 11) is 0. The third kappa shape index (κ3) is 4.12. The number of nitrogens with zero attached hydrogens (tertiary/aromatic N) is 1. The van der Waals surface area contributed by atoms with Gasteiger partial charge < -0.3 is 4.90 Å². The maximum Gasteiger partial charge on any atom is 0.0896 e. The highest BCUT2D eigenvalue weighted by Crippen LogP contribution is 2.46. The molecule has 0 saturated carbocycles. The molecule has 2 saturated heterocycles. The standard InChI is InChI=1S/C28H30BrN5S/c29-19-13-9-17(10-14-19)25-30-27-28(31-25)33-26(32-27)18-11-15-20(16-12-18)34-21-5-1-3-7-23(21)35-24-8-4-2-6-22(24)34/h1-9,11,13,15,21,23,25-28,30-33H,10,12,14,16H2. The number of rotatable bonds is 3. The third-order valence-corrected chi connectivity index (χ3v) is 9.77. The molecule has 35 heavy (non-hydrogen) atoms. The van der Waals surface area contributed by atoms with E-state index >= 15 is 0 Å². The summed E-state index contributed by atoms with van der Waals surface area (Å²) < 4.78 is 1.28. The van der Waals surface area contributed by atoms with Crippen molar-refractivity contribution in [1.29, 1.82) is 0 Å². The summed E-state index contributed by atoms with van der Waals surface area (Å²) in [5, 5.41) is 15.5. The molecular weight excluding hydrogens is 518 g/mol. The van der Waals surface area contributed by atoms with Crippen molar-refractivity contribution in [3.8, 4) is 0 Å². The smallest absolute Gasteiger partial charge is 0.0896 e. The van der Waals surface area contributed by atoms with Gasteiger partial charge >= 0.3 is 0 Å². The van der Waals surface area contributed by atoms with Crippen LogP contribution in [-0.2, 0) is 0 Å². The Bertz CT molecular complexity index is 1200. The number of thioether (sulfide) groups is 1. The third-order valence-electron chi connectivity index (χ3n) is 7.80. The van der Waals surface area contributed by atoms with Gasteiger partial charge in [0.1, 0.15) is 0 Å². The van der Waals surface area contributed by atoms with E-state index in [0.717, 1.165) is 25.7 Å². The summed E-state index contributed by atoms with van der Waals surface area (Å²) >= 11 is 5.59. The van der Waals surface area contributed by atoms with E-state index in [9.17, 15) is 0 Å². The first-order valence-electron chi connectivity index (χ1n) is 12.6. The lowest BCUT2D eigenvalue weighted by Crippen LogP contribution is -2.47. The average molecular weight is 549 g/mol. The van der Waals surface area contributed by atoms with Gasteiger partial charge in [0.15, 0.2) is 0 Å². The fourth-order valence-corrected chi connectivity index (χ4v) is 7.59. The van der Waals surface area contributed by atoms with Crippen LogP contribution >= 0.6 is 27.7 Å². The Morgan fingerprint density at radius 2 is 1.46 bits per heavy atom. The molecule has 5 nitrogen and oxygen atoms in total. The van der Waals surface area contributed by atoms with Crippen molar-refractivity contribution in [1.82, 2.24) is 21.3 Å². The highest BCUT2D eigenvalue weighted by molar-refractivity contribution is 9.11. The summed E-state index contributed by atoms with van der Waals surface area (Å²) in [6.07, 6.45) is 23.4. The van der Waals surface area contributed by atoms with Gasteiger partial charge in [-0.25, -0.2) is 0 Å². The second kappa shape index (κ2) is 9.21. The minimum absolute atomic E-state index is 0.201. The fourth-order valence-electron chi connectivity index (χ4n) is 6.00. The number of anilines is 1. The fraction of sp³-hybridized carbons (Fsp3) is 0.357. The minimum Gasteiger partial charge on any atom is -0.336 e. The molecule has 2 fully saturated rings. The van der Waals surface area contributed by atoms with Gasteiger partial charge in [0.05, 0.1) is 41.6 Å². The Morgan fingerprint density at radius 1 is 0.771 bits per heavy atom. The first kappa shape index (κ1) is 22.3. The SMILES string of the molecule is BrC1=CC=C(C2NC3NC(C4=CC=C(N5c6ccccc6SC6C=CC=CC65)CC4)NC3N2)CC1. The molecule has 0 bridgehead atoms. The maximum absolute atomic E-state index is 3.78. The molecule has 6 aliphatic rings. The molecule has 7 rings (SSSR count). The van der Waals surface area contributed by atoms with Gasteiger partial charge in [0.2, 0.25) is 0 Å². The lowest BCUT2D eigenvalue weighted by atomic mass is 9.96. The molecule has 0 aromatic heterocycles. The highest BCUT2D eigenvalue weighted by Gasteiger charge is 2.42. The van der Waals surface area contributed by atoms with E-state index in [1.807, 2.05) is 11.8 Å². The Balaban J connectivity index is 1.07. The maximum atomic E-state index is 3.78. The lowest BCUT2D eigenvalue weighted by Gasteiger charge is -2.43. The van der Waals surface area contributed by atoms with Crippen LogP contribution in [0, 0.1) is 0 Å². The number of benzene rings is 1. The Kier molecular flexibility index (Phi) is 5.88. The van der Waals surface area contributed by atoms with Crippen LogP contribution in [0.25, 0.3) is 0 Å². The predicted molar refractivity (Wildman–Crippen MR) is 148 cm³/mol. The van der Waals surface area contributed by atoms with Crippen LogP contribution in [0.3, 0.4) is 0 Å². The first-order valence-corrected chi connectivity index (χ1v) is 14.3. The number of para-hydroxylation sites is 1. The normalized spacial score (nSPS) is 35.5. The van der Waals surface area contributed by atoms with E-state index in [-0.39, 0.29) is 24.7 Å².